The Hall–Kier alpha value is -2.36. The fourth-order valence-electron chi connectivity index (χ4n) is 3.01. The van der Waals surface area contributed by atoms with Gasteiger partial charge >= 0.3 is 0 Å². The molecule has 0 radical (unpaired) electrons. The van der Waals surface area contributed by atoms with Crippen LogP contribution in [-0.2, 0) is 4.79 Å². The molecule has 1 saturated carbocycles. The van der Waals surface area contributed by atoms with E-state index in [-0.39, 0.29) is 12.5 Å². The molecule has 24 heavy (non-hydrogen) atoms. The molecule has 0 spiro atoms. The topological polar surface area (TPSA) is 50.7 Å². The Morgan fingerprint density at radius 3 is 2.46 bits per heavy atom. The zero-order valence-corrected chi connectivity index (χ0v) is 14.0. The van der Waals surface area contributed by atoms with E-state index in [2.05, 4.69) is 16.6 Å². The summed E-state index contributed by atoms with van der Waals surface area (Å²) in [5, 5.41) is 6.54. The molecule has 2 aromatic rings. The number of rotatable bonds is 4. The van der Waals surface area contributed by atoms with E-state index in [1.807, 2.05) is 36.4 Å². The van der Waals surface area contributed by atoms with Crippen LogP contribution in [0, 0.1) is 0 Å². The number of hydrogen-bond acceptors (Lipinski definition) is 3. The molecule has 1 amide bonds. The maximum absolute atomic E-state index is 11.9. The van der Waals surface area contributed by atoms with Crippen molar-refractivity contribution in [1.82, 2.24) is 5.43 Å². The summed E-state index contributed by atoms with van der Waals surface area (Å²) in [6.07, 6.45) is 8.16. The molecule has 4 heteroatoms. The van der Waals surface area contributed by atoms with Crippen molar-refractivity contribution < 1.29 is 9.53 Å². The van der Waals surface area contributed by atoms with Crippen LogP contribution in [0.3, 0.4) is 0 Å². The molecule has 0 aliphatic heterocycles. The lowest BCUT2D eigenvalue weighted by Crippen LogP contribution is -2.26. The van der Waals surface area contributed by atoms with Gasteiger partial charge in [-0.25, -0.2) is 5.43 Å². The van der Waals surface area contributed by atoms with Gasteiger partial charge in [0.25, 0.3) is 5.91 Å². The van der Waals surface area contributed by atoms with Crippen LogP contribution in [0.4, 0.5) is 0 Å². The van der Waals surface area contributed by atoms with E-state index in [0.29, 0.717) is 5.75 Å². The molecule has 4 nitrogen and oxygen atoms in total. The second kappa shape index (κ2) is 8.48. The molecule has 1 fully saturated rings. The van der Waals surface area contributed by atoms with Crippen LogP contribution in [0.15, 0.2) is 47.6 Å². The highest BCUT2D eigenvalue weighted by molar-refractivity contribution is 5.87. The van der Waals surface area contributed by atoms with Gasteiger partial charge in [-0.1, -0.05) is 49.6 Å². The number of hydrazone groups is 1. The quantitative estimate of drug-likeness (QED) is 0.846. The monoisotopic (exact) mass is 324 g/mol. The molecule has 1 aliphatic rings. The third-order valence-electron chi connectivity index (χ3n) is 4.36. The molecular weight excluding hydrogens is 300 g/mol. The van der Waals surface area contributed by atoms with E-state index in [1.165, 1.54) is 32.1 Å². The fraction of sp³-hybridized carbons (Fsp3) is 0.400. The normalized spacial score (nSPS) is 15.4. The van der Waals surface area contributed by atoms with Gasteiger partial charge in [0.15, 0.2) is 6.61 Å². The van der Waals surface area contributed by atoms with Gasteiger partial charge in [0.2, 0.25) is 0 Å². The van der Waals surface area contributed by atoms with Crippen molar-refractivity contribution in [2.24, 2.45) is 5.10 Å². The van der Waals surface area contributed by atoms with Crippen LogP contribution in [0.25, 0.3) is 10.8 Å². The van der Waals surface area contributed by atoms with Crippen LogP contribution in [0.1, 0.15) is 44.9 Å². The van der Waals surface area contributed by atoms with Gasteiger partial charge in [0.1, 0.15) is 5.75 Å². The zero-order valence-electron chi connectivity index (χ0n) is 14.0. The molecule has 1 N–H and O–H groups in total. The number of nitrogens with one attached hydrogen (secondary N) is 1. The molecular formula is C20H24N2O2. The van der Waals surface area contributed by atoms with Crippen LogP contribution in [0.5, 0.6) is 5.75 Å². The van der Waals surface area contributed by atoms with Crippen molar-refractivity contribution in [2.45, 2.75) is 44.9 Å². The van der Waals surface area contributed by atoms with Gasteiger partial charge in [-0.15, -0.1) is 0 Å². The highest BCUT2D eigenvalue weighted by Crippen LogP contribution is 2.20. The number of carbonyl (C=O) groups is 1. The highest BCUT2D eigenvalue weighted by Gasteiger charge is 2.07. The molecule has 1 aliphatic carbocycles. The Bertz CT molecular complexity index is 714. The van der Waals surface area contributed by atoms with Gasteiger partial charge in [0, 0.05) is 5.71 Å². The SMILES string of the molecule is O=C(COc1ccc2ccccc2c1)NN=C1CCCCCCC1. The first-order chi connectivity index (χ1) is 11.8. The fourth-order valence-corrected chi connectivity index (χ4v) is 3.01. The number of hydrogen-bond donors (Lipinski definition) is 1. The number of benzene rings is 2. The van der Waals surface area contributed by atoms with Crippen molar-refractivity contribution in [3.8, 4) is 5.75 Å². The number of ether oxygens (including phenoxy) is 1. The summed E-state index contributed by atoms with van der Waals surface area (Å²) in [5.41, 5.74) is 3.74. The van der Waals surface area contributed by atoms with E-state index in [0.717, 1.165) is 29.3 Å². The van der Waals surface area contributed by atoms with E-state index in [4.69, 9.17) is 4.74 Å². The maximum Gasteiger partial charge on any atom is 0.277 e. The lowest BCUT2D eigenvalue weighted by molar-refractivity contribution is -0.123. The van der Waals surface area contributed by atoms with Gasteiger partial charge in [0.05, 0.1) is 0 Å². The maximum atomic E-state index is 11.9. The lowest BCUT2D eigenvalue weighted by atomic mass is 9.99. The Morgan fingerprint density at radius 1 is 0.958 bits per heavy atom. The van der Waals surface area contributed by atoms with Crippen LogP contribution < -0.4 is 10.2 Å². The Morgan fingerprint density at radius 2 is 1.67 bits per heavy atom. The predicted molar refractivity (Wildman–Crippen MR) is 97.3 cm³/mol. The largest absolute Gasteiger partial charge is 0.484 e. The number of carbonyl (C=O) groups excluding carboxylic acids is 1. The minimum absolute atomic E-state index is 0.0187. The van der Waals surface area contributed by atoms with Gasteiger partial charge in [-0.2, -0.15) is 5.10 Å². The summed E-state index contributed by atoms with van der Waals surface area (Å²) in [5.74, 6) is 0.486. The number of fused-ring (bicyclic) bond motifs is 1. The van der Waals surface area contributed by atoms with E-state index in [1.54, 1.807) is 0 Å². The third kappa shape index (κ3) is 4.82. The molecule has 0 bridgehead atoms. The second-order valence-electron chi connectivity index (χ2n) is 6.28. The third-order valence-corrected chi connectivity index (χ3v) is 4.36. The molecule has 0 unspecified atom stereocenters. The summed E-state index contributed by atoms with van der Waals surface area (Å²) < 4.78 is 5.58. The van der Waals surface area contributed by atoms with Crippen LogP contribution in [-0.4, -0.2) is 18.2 Å². The van der Waals surface area contributed by atoms with Crippen molar-refractivity contribution in [1.29, 1.82) is 0 Å². The van der Waals surface area contributed by atoms with Crippen molar-refractivity contribution >= 4 is 22.4 Å². The first-order valence-electron chi connectivity index (χ1n) is 8.77. The summed E-state index contributed by atoms with van der Waals surface area (Å²) in [6, 6.07) is 13.9. The molecule has 0 heterocycles. The van der Waals surface area contributed by atoms with Crippen molar-refractivity contribution in [3.05, 3.63) is 42.5 Å². The first-order valence-corrected chi connectivity index (χ1v) is 8.77. The van der Waals surface area contributed by atoms with Crippen LogP contribution >= 0.6 is 0 Å². The molecule has 0 atom stereocenters. The van der Waals surface area contributed by atoms with Crippen molar-refractivity contribution in [3.63, 3.8) is 0 Å². The predicted octanol–water partition coefficient (Wildman–Crippen LogP) is 4.44. The summed E-state index contributed by atoms with van der Waals surface area (Å²) in [4.78, 5) is 11.9. The molecule has 2 aromatic carbocycles. The highest BCUT2D eigenvalue weighted by atomic mass is 16.5. The minimum atomic E-state index is -0.210. The molecule has 3 rings (SSSR count). The Balaban J connectivity index is 1.50. The molecule has 126 valence electrons. The molecule has 0 aromatic heterocycles. The second-order valence-corrected chi connectivity index (χ2v) is 6.28. The standard InChI is InChI=1S/C20H24N2O2/c23-20(22-21-18-10-4-2-1-3-5-11-18)15-24-19-13-12-16-8-6-7-9-17(16)14-19/h6-9,12-14H,1-5,10-11,15H2,(H,22,23). The first kappa shape index (κ1) is 16.5. The zero-order chi connectivity index (χ0) is 16.6. The lowest BCUT2D eigenvalue weighted by Gasteiger charge is -2.11. The van der Waals surface area contributed by atoms with Gasteiger partial charge in [-0.3, -0.25) is 4.79 Å². The van der Waals surface area contributed by atoms with E-state index < -0.39 is 0 Å². The number of amides is 1. The Kier molecular flexibility index (Phi) is 5.83. The number of nitrogens with zero attached hydrogens (tertiary/aromatic N) is 1. The smallest absolute Gasteiger partial charge is 0.277 e. The van der Waals surface area contributed by atoms with E-state index in [9.17, 15) is 4.79 Å². The van der Waals surface area contributed by atoms with E-state index >= 15 is 0 Å². The van der Waals surface area contributed by atoms with Gasteiger partial charge < -0.3 is 4.74 Å². The van der Waals surface area contributed by atoms with Gasteiger partial charge in [-0.05, 0) is 48.6 Å². The average Bonchev–Trinajstić information content (AvgIpc) is 2.59. The Labute approximate surface area is 142 Å². The minimum Gasteiger partial charge on any atom is -0.484 e. The summed E-state index contributed by atoms with van der Waals surface area (Å²) >= 11 is 0. The molecule has 0 saturated heterocycles. The van der Waals surface area contributed by atoms with Crippen LogP contribution in [0.2, 0.25) is 0 Å². The average molecular weight is 324 g/mol. The summed E-state index contributed by atoms with van der Waals surface area (Å²) in [6.45, 7) is -0.0187. The van der Waals surface area contributed by atoms with Crippen molar-refractivity contribution in [2.75, 3.05) is 6.61 Å². The summed E-state index contributed by atoms with van der Waals surface area (Å²) in [7, 11) is 0.